The molecule has 1 N–H and O–H groups in total. The second kappa shape index (κ2) is 11.4. The zero-order chi connectivity index (χ0) is 23.7. The highest BCUT2D eigenvalue weighted by molar-refractivity contribution is 7.91. The second-order valence-corrected chi connectivity index (χ2v) is 9.88. The van der Waals surface area contributed by atoms with Crippen LogP contribution in [0.3, 0.4) is 0 Å². The minimum absolute atomic E-state index is 0.102. The average molecular weight is 466 g/mol. The van der Waals surface area contributed by atoms with Crippen molar-refractivity contribution in [3.63, 3.8) is 0 Å². The summed E-state index contributed by atoms with van der Waals surface area (Å²) in [5.74, 6) is -2.32. The summed E-state index contributed by atoms with van der Waals surface area (Å²) in [5, 5.41) is 2.54. The molecule has 0 fully saturated rings. The largest absolute Gasteiger partial charge is 0.460 e. The lowest BCUT2D eigenvalue weighted by Crippen LogP contribution is -2.39. The van der Waals surface area contributed by atoms with Crippen LogP contribution < -0.4 is 5.32 Å². The first-order valence-corrected chi connectivity index (χ1v) is 12.3. The Balaban J connectivity index is 1.65. The molecule has 0 aliphatic carbocycles. The van der Waals surface area contributed by atoms with Crippen LogP contribution in [0.25, 0.3) is 0 Å². The molecule has 0 saturated carbocycles. The number of ether oxygens (including phenoxy) is 1. The minimum Gasteiger partial charge on any atom is -0.460 e. The van der Waals surface area contributed by atoms with Crippen molar-refractivity contribution in [3.8, 4) is 0 Å². The van der Waals surface area contributed by atoms with Gasteiger partial charge in [-0.1, -0.05) is 78.4 Å². The van der Waals surface area contributed by atoms with E-state index < -0.39 is 27.6 Å². The monoisotopic (exact) mass is 465 g/mol. The van der Waals surface area contributed by atoms with Gasteiger partial charge in [-0.15, -0.1) is 0 Å². The van der Waals surface area contributed by atoms with E-state index in [0.717, 1.165) is 16.7 Å². The Morgan fingerprint density at radius 3 is 2.03 bits per heavy atom. The number of sulfone groups is 1. The van der Waals surface area contributed by atoms with Gasteiger partial charge in [-0.3, -0.25) is 9.59 Å². The van der Waals surface area contributed by atoms with Crippen molar-refractivity contribution in [2.75, 3.05) is 12.3 Å². The van der Waals surface area contributed by atoms with E-state index in [1.54, 1.807) is 24.3 Å². The molecule has 0 heterocycles. The summed E-state index contributed by atoms with van der Waals surface area (Å²) in [7, 11) is -3.70. The Bertz CT molecular complexity index is 1160. The summed E-state index contributed by atoms with van der Waals surface area (Å²) < 4.78 is 31.1. The lowest BCUT2D eigenvalue weighted by molar-refractivity contribution is -0.145. The van der Waals surface area contributed by atoms with Crippen LogP contribution in [0.15, 0.2) is 89.8 Å². The quantitative estimate of drug-likeness (QED) is 0.463. The smallest absolute Gasteiger partial charge is 0.325 e. The van der Waals surface area contributed by atoms with Gasteiger partial charge in [0.2, 0.25) is 5.91 Å². The van der Waals surface area contributed by atoms with E-state index in [9.17, 15) is 18.0 Å². The normalized spacial score (nSPS) is 12.0. The van der Waals surface area contributed by atoms with E-state index >= 15 is 0 Å². The third kappa shape index (κ3) is 7.57. The van der Waals surface area contributed by atoms with Crippen LogP contribution in [0.2, 0.25) is 0 Å². The molecule has 0 unspecified atom stereocenters. The average Bonchev–Trinajstić information content (AvgIpc) is 2.82. The summed E-state index contributed by atoms with van der Waals surface area (Å²) >= 11 is 0. The van der Waals surface area contributed by atoms with E-state index in [2.05, 4.69) is 5.32 Å². The molecule has 0 aliphatic heterocycles. The van der Waals surface area contributed by atoms with Crippen LogP contribution in [0.5, 0.6) is 0 Å². The predicted molar refractivity (Wildman–Crippen MR) is 126 cm³/mol. The number of carbonyl (C=O) groups is 2. The van der Waals surface area contributed by atoms with Gasteiger partial charge in [-0.05, 0) is 36.6 Å². The van der Waals surface area contributed by atoms with Crippen LogP contribution in [0, 0.1) is 12.8 Å². The standard InChI is InChI=1S/C26H27NO5S/c1-20-12-14-24(15-13-20)33(30,31)19-23(16-21-8-4-2-5-9-21)26(29)27-17-25(28)32-18-22-10-6-3-7-11-22/h2-15,23H,16-19H2,1H3,(H,27,29)/t23-/m1/s1. The fraction of sp³-hybridized carbons (Fsp3) is 0.231. The van der Waals surface area contributed by atoms with Crippen LogP contribution in [0.4, 0.5) is 0 Å². The molecule has 172 valence electrons. The van der Waals surface area contributed by atoms with Gasteiger partial charge >= 0.3 is 5.97 Å². The van der Waals surface area contributed by atoms with Crippen molar-refractivity contribution >= 4 is 21.7 Å². The SMILES string of the molecule is Cc1ccc(S(=O)(=O)C[C@@H](Cc2ccccc2)C(=O)NCC(=O)OCc2ccccc2)cc1. The van der Waals surface area contributed by atoms with Crippen molar-refractivity contribution in [2.45, 2.75) is 24.8 Å². The maximum absolute atomic E-state index is 13.0. The fourth-order valence-electron chi connectivity index (χ4n) is 3.33. The molecule has 33 heavy (non-hydrogen) atoms. The highest BCUT2D eigenvalue weighted by Gasteiger charge is 2.27. The van der Waals surface area contributed by atoms with E-state index in [1.165, 1.54) is 0 Å². The van der Waals surface area contributed by atoms with Crippen LogP contribution in [0.1, 0.15) is 16.7 Å². The van der Waals surface area contributed by atoms with E-state index in [0.29, 0.717) is 0 Å². The van der Waals surface area contributed by atoms with Crippen LogP contribution in [-0.4, -0.2) is 32.6 Å². The van der Waals surface area contributed by atoms with Gasteiger partial charge in [-0.25, -0.2) is 8.42 Å². The van der Waals surface area contributed by atoms with E-state index in [-0.39, 0.29) is 30.2 Å². The summed E-state index contributed by atoms with van der Waals surface area (Å²) in [5.41, 5.74) is 2.62. The Labute approximate surface area is 194 Å². The zero-order valence-electron chi connectivity index (χ0n) is 18.4. The molecule has 6 nitrogen and oxygen atoms in total. The molecule has 3 aromatic carbocycles. The predicted octanol–water partition coefficient (Wildman–Crippen LogP) is 3.49. The maximum Gasteiger partial charge on any atom is 0.325 e. The molecule has 3 aromatic rings. The van der Waals surface area contributed by atoms with E-state index in [4.69, 9.17) is 4.74 Å². The number of hydrogen-bond acceptors (Lipinski definition) is 5. The van der Waals surface area contributed by atoms with Gasteiger partial charge in [0.05, 0.1) is 16.6 Å². The lowest BCUT2D eigenvalue weighted by atomic mass is 10.0. The van der Waals surface area contributed by atoms with Gasteiger partial charge in [0.1, 0.15) is 13.2 Å². The summed E-state index contributed by atoms with van der Waals surface area (Å²) in [4.78, 5) is 25.2. The number of benzene rings is 3. The van der Waals surface area contributed by atoms with E-state index in [1.807, 2.05) is 67.6 Å². The van der Waals surface area contributed by atoms with Crippen molar-refractivity contribution < 1.29 is 22.7 Å². The number of nitrogens with one attached hydrogen (secondary N) is 1. The molecule has 0 spiro atoms. The molecule has 1 amide bonds. The van der Waals surface area contributed by atoms with Gasteiger partial charge in [0.15, 0.2) is 9.84 Å². The van der Waals surface area contributed by atoms with Crippen molar-refractivity contribution in [2.24, 2.45) is 5.92 Å². The van der Waals surface area contributed by atoms with Crippen LogP contribution >= 0.6 is 0 Å². The van der Waals surface area contributed by atoms with Gasteiger partial charge in [0.25, 0.3) is 0 Å². The minimum atomic E-state index is -3.70. The molecular formula is C26H27NO5S. The van der Waals surface area contributed by atoms with Gasteiger partial charge in [0, 0.05) is 0 Å². The third-order valence-corrected chi connectivity index (χ3v) is 6.98. The van der Waals surface area contributed by atoms with Crippen LogP contribution in [-0.2, 0) is 37.2 Å². The van der Waals surface area contributed by atoms with Crippen molar-refractivity contribution in [1.82, 2.24) is 5.32 Å². The molecule has 0 radical (unpaired) electrons. The number of aryl methyl sites for hydroxylation is 1. The number of carbonyl (C=O) groups excluding carboxylic acids is 2. The molecule has 0 saturated heterocycles. The Morgan fingerprint density at radius 1 is 0.848 bits per heavy atom. The number of esters is 1. The number of hydrogen-bond donors (Lipinski definition) is 1. The molecule has 1 atom stereocenters. The molecule has 0 bridgehead atoms. The topological polar surface area (TPSA) is 89.5 Å². The number of rotatable bonds is 10. The fourth-order valence-corrected chi connectivity index (χ4v) is 4.87. The Hall–Kier alpha value is -3.45. The summed E-state index contributed by atoms with van der Waals surface area (Å²) in [6.07, 6.45) is 0.233. The molecule has 7 heteroatoms. The van der Waals surface area contributed by atoms with Gasteiger partial charge < -0.3 is 10.1 Å². The van der Waals surface area contributed by atoms with Crippen molar-refractivity contribution in [3.05, 3.63) is 102 Å². The molecule has 0 aromatic heterocycles. The highest BCUT2D eigenvalue weighted by atomic mass is 32.2. The first kappa shape index (κ1) is 24.2. The zero-order valence-corrected chi connectivity index (χ0v) is 19.3. The third-order valence-electron chi connectivity index (χ3n) is 5.15. The maximum atomic E-state index is 13.0. The molecule has 0 aliphatic rings. The highest BCUT2D eigenvalue weighted by Crippen LogP contribution is 2.18. The first-order valence-electron chi connectivity index (χ1n) is 10.6. The Kier molecular flexibility index (Phi) is 8.38. The summed E-state index contributed by atoms with van der Waals surface area (Å²) in [6, 6.07) is 24.9. The number of amides is 1. The first-order chi connectivity index (χ1) is 15.8. The Morgan fingerprint density at radius 2 is 1.42 bits per heavy atom. The second-order valence-electron chi connectivity index (χ2n) is 7.85. The molecule has 3 rings (SSSR count). The lowest BCUT2D eigenvalue weighted by Gasteiger charge is -2.17. The molecular weight excluding hydrogens is 438 g/mol. The van der Waals surface area contributed by atoms with Gasteiger partial charge in [-0.2, -0.15) is 0 Å². The van der Waals surface area contributed by atoms with Crippen molar-refractivity contribution in [1.29, 1.82) is 0 Å². The summed E-state index contributed by atoms with van der Waals surface area (Å²) in [6.45, 7) is 1.64.